The van der Waals surface area contributed by atoms with Crippen LogP contribution in [-0.4, -0.2) is 29.6 Å². The summed E-state index contributed by atoms with van der Waals surface area (Å²) in [5.74, 6) is 0. The summed E-state index contributed by atoms with van der Waals surface area (Å²) in [7, 11) is 0. The van der Waals surface area contributed by atoms with E-state index in [1.165, 1.54) is 16.7 Å². The molecule has 1 fully saturated rings. The van der Waals surface area contributed by atoms with Crippen molar-refractivity contribution in [2.45, 2.75) is 18.4 Å². The van der Waals surface area contributed by atoms with Crippen LogP contribution in [0.1, 0.15) is 24.0 Å². The average Bonchev–Trinajstić information content (AvgIpc) is 2.77. The van der Waals surface area contributed by atoms with Gasteiger partial charge in [0.25, 0.3) is 0 Å². The van der Waals surface area contributed by atoms with Crippen LogP contribution in [0.3, 0.4) is 0 Å². The summed E-state index contributed by atoms with van der Waals surface area (Å²) >= 11 is 0. The summed E-state index contributed by atoms with van der Waals surface area (Å²) in [6, 6.07) is 29.2. The predicted molar refractivity (Wildman–Crippen MR) is 117 cm³/mol. The molecule has 2 nitrogen and oxygen atoms in total. The van der Waals surface area contributed by atoms with E-state index < -0.39 is 5.60 Å². The van der Waals surface area contributed by atoms with E-state index in [0.29, 0.717) is 0 Å². The molecule has 0 aliphatic carbocycles. The minimum absolute atomic E-state index is 0.713. The maximum absolute atomic E-state index is 11.2. The predicted octanol–water partition coefficient (Wildman–Crippen LogP) is 5.35. The molecule has 0 spiro atoms. The Labute approximate surface area is 167 Å². The van der Waals surface area contributed by atoms with Gasteiger partial charge in [0, 0.05) is 19.6 Å². The van der Waals surface area contributed by atoms with Crippen LogP contribution in [-0.2, 0) is 5.60 Å². The standard InChI is InChI=1S/C26H27NO/c28-26(25-15-13-24(14-16-25)23-11-5-2-6-12-23)17-20-27(21-18-26)19-7-10-22-8-3-1-4-9-22/h1-16,28H,17-21H2/b10-7+. The van der Waals surface area contributed by atoms with E-state index in [9.17, 15) is 5.11 Å². The van der Waals surface area contributed by atoms with E-state index in [1.54, 1.807) is 0 Å². The molecule has 3 aromatic rings. The Morgan fingerprint density at radius 1 is 0.750 bits per heavy atom. The van der Waals surface area contributed by atoms with Crippen LogP contribution >= 0.6 is 0 Å². The Bertz CT molecular complexity index is 892. The molecule has 0 unspecified atom stereocenters. The molecule has 2 heteroatoms. The number of aliphatic hydroxyl groups is 1. The maximum atomic E-state index is 11.2. The number of rotatable bonds is 5. The average molecular weight is 370 g/mol. The van der Waals surface area contributed by atoms with Crippen LogP contribution in [0.4, 0.5) is 0 Å². The highest BCUT2D eigenvalue weighted by molar-refractivity contribution is 5.63. The summed E-state index contributed by atoms with van der Waals surface area (Å²) in [6.07, 6.45) is 5.94. The Kier molecular flexibility index (Phi) is 5.70. The number of hydrogen-bond acceptors (Lipinski definition) is 2. The van der Waals surface area contributed by atoms with Gasteiger partial charge < -0.3 is 5.11 Å². The molecule has 0 atom stereocenters. The number of nitrogens with zero attached hydrogens (tertiary/aromatic N) is 1. The largest absolute Gasteiger partial charge is 0.385 e. The van der Waals surface area contributed by atoms with Gasteiger partial charge in [0.15, 0.2) is 0 Å². The third kappa shape index (κ3) is 4.41. The normalized spacial score (nSPS) is 17.0. The van der Waals surface area contributed by atoms with Gasteiger partial charge in [0.05, 0.1) is 5.60 Å². The molecule has 1 N–H and O–H groups in total. The van der Waals surface area contributed by atoms with Crippen LogP contribution in [0.25, 0.3) is 17.2 Å². The van der Waals surface area contributed by atoms with Gasteiger partial charge in [-0.2, -0.15) is 0 Å². The van der Waals surface area contributed by atoms with Gasteiger partial charge in [-0.15, -0.1) is 0 Å². The van der Waals surface area contributed by atoms with Crippen molar-refractivity contribution in [3.63, 3.8) is 0 Å². The van der Waals surface area contributed by atoms with Crippen LogP contribution in [0.15, 0.2) is 91.0 Å². The Morgan fingerprint density at radius 2 is 1.32 bits per heavy atom. The summed E-state index contributed by atoms with van der Waals surface area (Å²) in [4.78, 5) is 2.41. The highest BCUT2D eigenvalue weighted by Gasteiger charge is 2.33. The number of likely N-dealkylation sites (tertiary alicyclic amines) is 1. The lowest BCUT2D eigenvalue weighted by molar-refractivity contribution is -0.0233. The second kappa shape index (κ2) is 8.55. The molecule has 0 aromatic heterocycles. The molecule has 28 heavy (non-hydrogen) atoms. The van der Waals surface area contributed by atoms with Crippen LogP contribution in [0.2, 0.25) is 0 Å². The molecule has 1 saturated heterocycles. The van der Waals surface area contributed by atoms with Crippen molar-refractivity contribution in [3.05, 3.63) is 102 Å². The van der Waals surface area contributed by atoms with Crippen molar-refractivity contribution in [3.8, 4) is 11.1 Å². The summed E-state index contributed by atoms with van der Waals surface area (Å²) in [6.45, 7) is 2.75. The zero-order valence-corrected chi connectivity index (χ0v) is 16.2. The van der Waals surface area contributed by atoms with Gasteiger partial charge in [-0.05, 0) is 35.1 Å². The van der Waals surface area contributed by atoms with E-state index in [-0.39, 0.29) is 0 Å². The minimum Gasteiger partial charge on any atom is -0.385 e. The number of piperidine rings is 1. The number of benzene rings is 3. The molecule has 4 rings (SSSR count). The molecule has 1 heterocycles. The first-order valence-corrected chi connectivity index (χ1v) is 10.1. The number of hydrogen-bond donors (Lipinski definition) is 1. The van der Waals surface area contributed by atoms with Crippen molar-refractivity contribution in [2.24, 2.45) is 0 Å². The van der Waals surface area contributed by atoms with Gasteiger partial charge in [-0.25, -0.2) is 0 Å². The summed E-state index contributed by atoms with van der Waals surface area (Å²) in [5.41, 5.74) is 3.95. The van der Waals surface area contributed by atoms with E-state index >= 15 is 0 Å². The third-order valence-electron chi connectivity index (χ3n) is 5.69. The van der Waals surface area contributed by atoms with Crippen molar-refractivity contribution in [1.82, 2.24) is 4.90 Å². The highest BCUT2D eigenvalue weighted by Crippen LogP contribution is 2.34. The molecule has 0 bridgehead atoms. The van der Waals surface area contributed by atoms with E-state index in [1.807, 2.05) is 12.1 Å². The third-order valence-corrected chi connectivity index (χ3v) is 5.69. The molecule has 1 aliphatic rings. The molecule has 142 valence electrons. The molecule has 0 amide bonds. The fraction of sp³-hybridized carbons (Fsp3) is 0.231. The lowest BCUT2D eigenvalue weighted by Gasteiger charge is -2.38. The first-order valence-electron chi connectivity index (χ1n) is 10.1. The lowest BCUT2D eigenvalue weighted by Crippen LogP contribution is -2.42. The van der Waals surface area contributed by atoms with Crippen molar-refractivity contribution >= 4 is 6.08 Å². The van der Waals surface area contributed by atoms with Gasteiger partial charge in [-0.1, -0.05) is 97.1 Å². The lowest BCUT2D eigenvalue weighted by atomic mass is 9.84. The highest BCUT2D eigenvalue weighted by atomic mass is 16.3. The Hall–Kier alpha value is -2.68. The molecule has 1 aliphatic heterocycles. The van der Waals surface area contributed by atoms with Crippen LogP contribution in [0.5, 0.6) is 0 Å². The summed E-state index contributed by atoms with van der Waals surface area (Å²) in [5, 5.41) is 11.2. The fourth-order valence-electron chi connectivity index (χ4n) is 3.90. The van der Waals surface area contributed by atoms with Crippen molar-refractivity contribution < 1.29 is 5.11 Å². The quantitative estimate of drug-likeness (QED) is 0.655. The van der Waals surface area contributed by atoms with Gasteiger partial charge in [0.1, 0.15) is 0 Å². The first-order chi connectivity index (χ1) is 13.7. The molecular weight excluding hydrogens is 342 g/mol. The monoisotopic (exact) mass is 369 g/mol. The topological polar surface area (TPSA) is 23.5 Å². The van der Waals surface area contributed by atoms with Crippen molar-refractivity contribution in [1.29, 1.82) is 0 Å². The zero-order chi connectivity index (χ0) is 19.2. The summed E-state index contributed by atoms with van der Waals surface area (Å²) < 4.78 is 0. The first kappa shape index (κ1) is 18.7. The van der Waals surface area contributed by atoms with E-state index in [0.717, 1.165) is 38.0 Å². The van der Waals surface area contributed by atoms with Gasteiger partial charge in [0.2, 0.25) is 0 Å². The Balaban J connectivity index is 1.35. The smallest absolute Gasteiger partial charge is 0.0920 e. The van der Waals surface area contributed by atoms with Gasteiger partial charge in [-0.3, -0.25) is 4.90 Å². The molecule has 0 radical (unpaired) electrons. The second-order valence-electron chi connectivity index (χ2n) is 7.59. The minimum atomic E-state index is -0.713. The second-order valence-corrected chi connectivity index (χ2v) is 7.59. The zero-order valence-electron chi connectivity index (χ0n) is 16.2. The van der Waals surface area contributed by atoms with E-state index in [2.05, 4.69) is 89.8 Å². The molecular formula is C26H27NO. The Morgan fingerprint density at radius 3 is 1.96 bits per heavy atom. The fourth-order valence-corrected chi connectivity index (χ4v) is 3.90. The van der Waals surface area contributed by atoms with Gasteiger partial charge >= 0.3 is 0 Å². The maximum Gasteiger partial charge on any atom is 0.0920 e. The molecule has 0 saturated carbocycles. The van der Waals surface area contributed by atoms with Crippen molar-refractivity contribution in [2.75, 3.05) is 19.6 Å². The van der Waals surface area contributed by atoms with E-state index in [4.69, 9.17) is 0 Å². The van der Waals surface area contributed by atoms with Crippen LogP contribution < -0.4 is 0 Å². The SMILES string of the molecule is OC1(c2ccc(-c3ccccc3)cc2)CCN(C/C=C/c2ccccc2)CC1. The van der Waals surface area contributed by atoms with Crippen LogP contribution in [0, 0.1) is 0 Å². The molecule has 3 aromatic carbocycles.